The first kappa shape index (κ1) is 56.0. The molecule has 392 valence electrons. The Kier molecular flexibility index (Phi) is 20.7. The number of aliphatic carboxylic acids is 2. The number of aromatic nitrogens is 4. The maximum atomic E-state index is 14.8. The number of H-pyrrole nitrogens is 2. The standard InChI is InChI=1S/C50H66N12O11/c1-28(2)41(48(70)58-37(23-33-25-53-27-55-33)46(68)61-42(29(3)4)50(72)73)60-45(67)35(20-30-12-7-5-8-13-30)57-47(69)39-16-11-19-62(39)49(71)38(21-31-14-9-6-10-15-31)59-44(66)36(22-32-24-52-26-54-32)56-43(65)34(51)17-18-40(63)64/h5-10,12-15,24-29,34-39,41-42H,11,16-23,51H2,1-4H3,(H,52,54)(H,53,55)(H,56,65)(H,57,69)(H,58,70)(H,59,66)(H,60,67)(H,61,68)(H,63,64)(H,72,73)/t34-,35-,36-,37-,38-,39+,41-,42-/m1/s1. The van der Waals surface area contributed by atoms with Crippen molar-refractivity contribution in [2.45, 2.75) is 127 Å². The Labute approximate surface area is 422 Å². The van der Waals surface area contributed by atoms with Crippen LogP contribution in [0.25, 0.3) is 0 Å². The molecule has 2 aromatic carbocycles. The molecule has 0 aliphatic carbocycles. The zero-order valence-electron chi connectivity index (χ0n) is 41.2. The molecular weight excluding hydrogens is 945 g/mol. The number of rotatable bonds is 27. The number of hydrogen-bond acceptors (Lipinski definition) is 12. The number of amides is 7. The van der Waals surface area contributed by atoms with Crippen molar-refractivity contribution < 1.29 is 53.4 Å². The van der Waals surface area contributed by atoms with Gasteiger partial charge >= 0.3 is 11.9 Å². The summed E-state index contributed by atoms with van der Waals surface area (Å²) >= 11 is 0. The van der Waals surface area contributed by atoms with Gasteiger partial charge in [0.1, 0.15) is 42.3 Å². The minimum Gasteiger partial charge on any atom is -0.481 e. The van der Waals surface area contributed by atoms with E-state index in [1.807, 2.05) is 0 Å². The number of likely N-dealkylation sites (tertiary alicyclic amines) is 1. The molecule has 23 heteroatoms. The van der Waals surface area contributed by atoms with Gasteiger partial charge in [0.25, 0.3) is 0 Å². The first-order valence-corrected chi connectivity index (χ1v) is 24.2. The van der Waals surface area contributed by atoms with Gasteiger partial charge in [-0.15, -0.1) is 0 Å². The van der Waals surface area contributed by atoms with Crippen LogP contribution >= 0.6 is 0 Å². The van der Waals surface area contributed by atoms with Gasteiger partial charge in [-0.1, -0.05) is 88.4 Å². The number of nitrogens with one attached hydrogen (secondary N) is 8. The minimum absolute atomic E-state index is 0.0148. The Hall–Kier alpha value is -7.95. The molecule has 12 N–H and O–H groups in total. The third kappa shape index (κ3) is 16.8. The Balaban J connectivity index is 1.37. The molecule has 0 bridgehead atoms. The summed E-state index contributed by atoms with van der Waals surface area (Å²) in [7, 11) is 0. The van der Waals surface area contributed by atoms with Crippen LogP contribution in [0.4, 0.5) is 0 Å². The summed E-state index contributed by atoms with van der Waals surface area (Å²) in [6.45, 7) is 6.72. The second-order valence-corrected chi connectivity index (χ2v) is 18.7. The summed E-state index contributed by atoms with van der Waals surface area (Å²) in [5.41, 5.74) is 8.25. The number of carbonyl (C=O) groups excluding carboxylic acids is 7. The molecule has 3 heterocycles. The van der Waals surface area contributed by atoms with Crippen molar-refractivity contribution in [2.24, 2.45) is 17.6 Å². The lowest BCUT2D eigenvalue weighted by molar-refractivity contribution is -0.143. The van der Waals surface area contributed by atoms with Crippen molar-refractivity contribution in [3.8, 4) is 0 Å². The van der Waals surface area contributed by atoms with E-state index in [0.717, 1.165) is 0 Å². The van der Waals surface area contributed by atoms with Crippen LogP contribution in [0.1, 0.15) is 75.9 Å². The lowest BCUT2D eigenvalue weighted by Gasteiger charge is -2.31. The predicted molar refractivity (Wildman–Crippen MR) is 263 cm³/mol. The second kappa shape index (κ2) is 27.0. The highest BCUT2D eigenvalue weighted by Gasteiger charge is 2.41. The van der Waals surface area contributed by atoms with Gasteiger partial charge in [-0.05, 0) is 42.2 Å². The maximum absolute atomic E-state index is 14.8. The van der Waals surface area contributed by atoms with Gasteiger partial charge in [0, 0.05) is 62.4 Å². The quantitative estimate of drug-likeness (QED) is 0.0372. The van der Waals surface area contributed by atoms with Crippen LogP contribution < -0.4 is 37.6 Å². The van der Waals surface area contributed by atoms with Gasteiger partial charge in [0.05, 0.1) is 18.7 Å². The van der Waals surface area contributed by atoms with E-state index in [4.69, 9.17) is 10.8 Å². The number of benzene rings is 2. The molecule has 1 aliphatic rings. The zero-order valence-corrected chi connectivity index (χ0v) is 41.2. The number of hydrogen-bond donors (Lipinski definition) is 11. The van der Waals surface area contributed by atoms with E-state index in [2.05, 4.69) is 51.8 Å². The van der Waals surface area contributed by atoms with Gasteiger partial charge < -0.3 is 62.7 Å². The summed E-state index contributed by atoms with van der Waals surface area (Å²) in [6, 6.07) is 7.63. The molecule has 0 spiro atoms. The molecule has 73 heavy (non-hydrogen) atoms. The average molecular weight is 1010 g/mol. The summed E-state index contributed by atoms with van der Waals surface area (Å²) < 4.78 is 0. The van der Waals surface area contributed by atoms with Gasteiger partial charge in [-0.2, -0.15) is 0 Å². The number of imidazole rings is 2. The first-order chi connectivity index (χ1) is 34.8. The molecule has 1 saturated heterocycles. The molecule has 2 aromatic heterocycles. The van der Waals surface area contributed by atoms with Crippen molar-refractivity contribution in [1.82, 2.24) is 56.7 Å². The van der Waals surface area contributed by atoms with Gasteiger partial charge in [-0.3, -0.25) is 38.4 Å². The molecule has 5 rings (SSSR count). The number of aromatic amines is 2. The Bertz CT molecular complexity index is 2490. The van der Waals surface area contributed by atoms with E-state index in [9.17, 15) is 48.3 Å². The number of carboxylic acids is 2. The van der Waals surface area contributed by atoms with Crippen LogP contribution in [0.3, 0.4) is 0 Å². The lowest BCUT2D eigenvalue weighted by atomic mass is 9.99. The van der Waals surface area contributed by atoms with Crippen molar-refractivity contribution >= 4 is 53.3 Å². The molecule has 4 aromatic rings. The summed E-state index contributed by atoms with van der Waals surface area (Å²) in [4.78, 5) is 137. The molecule has 0 saturated carbocycles. The van der Waals surface area contributed by atoms with Crippen LogP contribution in [0, 0.1) is 11.8 Å². The number of nitrogens with zero attached hydrogens (tertiary/aromatic N) is 3. The molecule has 0 radical (unpaired) electrons. The highest BCUT2D eigenvalue weighted by molar-refractivity contribution is 5.98. The summed E-state index contributed by atoms with van der Waals surface area (Å²) in [5.74, 6) is -8.57. The van der Waals surface area contributed by atoms with Crippen molar-refractivity contribution in [2.75, 3.05) is 6.54 Å². The molecule has 0 unspecified atom stereocenters. The molecule has 8 atom stereocenters. The SMILES string of the molecule is CC(C)[C@@H](NC(=O)[C@@H](Cc1cnc[nH]1)NC(=O)[C@H](NC(=O)[C@@H](Cc1ccccc1)NC(=O)[C@@H]1CCCN1C(=O)[C@@H](Cc1ccccc1)NC(=O)[C@@H](Cc1cnc[nH]1)NC(=O)[C@H](N)CCC(=O)O)C(C)C)C(=O)O. The van der Waals surface area contributed by atoms with Crippen LogP contribution in [0.2, 0.25) is 0 Å². The Morgan fingerprint density at radius 2 is 1.08 bits per heavy atom. The number of carbonyl (C=O) groups is 9. The third-order valence-corrected chi connectivity index (χ3v) is 12.4. The van der Waals surface area contributed by atoms with E-state index in [1.54, 1.807) is 88.4 Å². The summed E-state index contributed by atoms with van der Waals surface area (Å²) in [6.07, 6.45) is 5.46. The topological polar surface area (TPSA) is 353 Å². The van der Waals surface area contributed by atoms with Gasteiger partial charge in [0.2, 0.25) is 41.4 Å². The van der Waals surface area contributed by atoms with E-state index < -0.39 is 113 Å². The minimum atomic E-state index is -1.30. The predicted octanol–water partition coefficient (Wildman–Crippen LogP) is -0.108. The molecule has 23 nitrogen and oxygen atoms in total. The fourth-order valence-electron chi connectivity index (χ4n) is 8.31. The average Bonchev–Trinajstić information content (AvgIpc) is 4.18. The van der Waals surface area contributed by atoms with E-state index in [0.29, 0.717) is 28.9 Å². The molecule has 1 aliphatic heterocycles. The Morgan fingerprint density at radius 3 is 1.56 bits per heavy atom. The second-order valence-electron chi connectivity index (χ2n) is 18.7. The largest absolute Gasteiger partial charge is 0.481 e. The van der Waals surface area contributed by atoms with Crippen molar-refractivity contribution in [1.29, 1.82) is 0 Å². The molecule has 1 fully saturated rings. The van der Waals surface area contributed by atoms with Crippen LogP contribution in [-0.2, 0) is 68.8 Å². The maximum Gasteiger partial charge on any atom is 0.326 e. The first-order valence-electron chi connectivity index (χ1n) is 24.2. The van der Waals surface area contributed by atoms with Crippen LogP contribution in [0.15, 0.2) is 85.7 Å². The zero-order chi connectivity index (χ0) is 53.2. The molecular formula is C50H66N12O11. The van der Waals surface area contributed by atoms with Crippen molar-refractivity contribution in [3.63, 3.8) is 0 Å². The monoisotopic (exact) mass is 1010 g/mol. The van der Waals surface area contributed by atoms with E-state index in [1.165, 1.54) is 29.9 Å². The summed E-state index contributed by atoms with van der Waals surface area (Å²) in [5, 5.41) is 35.0. The van der Waals surface area contributed by atoms with Crippen molar-refractivity contribution in [3.05, 3.63) is 108 Å². The van der Waals surface area contributed by atoms with Crippen LogP contribution in [-0.4, -0.2) is 143 Å². The number of carboxylic acid groups (broad SMARTS) is 2. The van der Waals surface area contributed by atoms with Crippen LogP contribution in [0.5, 0.6) is 0 Å². The highest BCUT2D eigenvalue weighted by Crippen LogP contribution is 2.21. The van der Waals surface area contributed by atoms with E-state index in [-0.39, 0.29) is 51.5 Å². The molecule has 7 amide bonds. The third-order valence-electron chi connectivity index (χ3n) is 12.4. The van der Waals surface area contributed by atoms with E-state index >= 15 is 0 Å². The van der Waals surface area contributed by atoms with Gasteiger partial charge in [-0.25, -0.2) is 14.8 Å². The van der Waals surface area contributed by atoms with Gasteiger partial charge in [0.15, 0.2) is 0 Å². The fraction of sp³-hybridized carbons (Fsp3) is 0.460. The fourth-order valence-corrected chi connectivity index (χ4v) is 8.31. The Morgan fingerprint density at radius 1 is 0.616 bits per heavy atom. The smallest absolute Gasteiger partial charge is 0.326 e. The lowest BCUT2D eigenvalue weighted by Crippen LogP contribution is -2.61. The normalized spacial score (nSPS) is 16.2. The number of nitrogens with two attached hydrogens (primary N) is 1. The highest BCUT2D eigenvalue weighted by atomic mass is 16.4.